The number of nitrogens with zero attached hydrogens (tertiary/aromatic N) is 1. The predicted molar refractivity (Wildman–Crippen MR) is 111 cm³/mol. The van der Waals surface area contributed by atoms with Crippen molar-refractivity contribution in [1.29, 1.82) is 5.26 Å². The first kappa shape index (κ1) is 20.9. The molecule has 29 heavy (non-hydrogen) atoms. The number of esters is 1. The largest absolute Gasteiger partial charge is 0.449 e. The summed E-state index contributed by atoms with van der Waals surface area (Å²) in [6.07, 6.45) is 1.32. The molecule has 7 heteroatoms. The van der Waals surface area contributed by atoms with Crippen LogP contribution in [0, 0.1) is 11.3 Å². The Morgan fingerprint density at radius 3 is 2.90 bits per heavy atom. The van der Waals surface area contributed by atoms with Gasteiger partial charge in [0.15, 0.2) is 6.10 Å². The Hall–Kier alpha value is -2.82. The average Bonchev–Trinajstić information content (AvgIpc) is 3.26. The van der Waals surface area contributed by atoms with Gasteiger partial charge in [0.25, 0.3) is 5.91 Å². The molecule has 1 heterocycles. The van der Waals surface area contributed by atoms with E-state index in [2.05, 4.69) is 5.32 Å². The summed E-state index contributed by atoms with van der Waals surface area (Å²) in [4.78, 5) is 25.8. The number of hydrogen-bond donors (Lipinski definition) is 1. The molecule has 2 atom stereocenters. The van der Waals surface area contributed by atoms with Crippen LogP contribution in [0.1, 0.15) is 35.7 Å². The summed E-state index contributed by atoms with van der Waals surface area (Å²) >= 11 is 1.56. The summed E-state index contributed by atoms with van der Waals surface area (Å²) in [5.41, 5.74) is 1.34. The smallest absolute Gasteiger partial charge is 0.340 e. The number of nitrogens with one attached hydrogen (secondary N) is 1. The van der Waals surface area contributed by atoms with Gasteiger partial charge in [0.2, 0.25) is 0 Å². The van der Waals surface area contributed by atoms with Crippen molar-refractivity contribution < 1.29 is 19.1 Å². The zero-order valence-corrected chi connectivity index (χ0v) is 16.9. The van der Waals surface area contributed by atoms with Gasteiger partial charge < -0.3 is 14.8 Å². The van der Waals surface area contributed by atoms with Crippen molar-refractivity contribution in [2.75, 3.05) is 17.7 Å². The second-order valence-electron chi connectivity index (χ2n) is 6.67. The maximum atomic E-state index is 12.6. The van der Waals surface area contributed by atoms with Crippen LogP contribution in [0.4, 0.5) is 5.69 Å². The fourth-order valence-corrected chi connectivity index (χ4v) is 4.02. The third-order valence-electron chi connectivity index (χ3n) is 4.47. The predicted octanol–water partition coefficient (Wildman–Crippen LogP) is 4.01. The molecular weight excluding hydrogens is 388 g/mol. The number of ether oxygens (including phenoxy) is 2. The Balaban J connectivity index is 1.60. The van der Waals surface area contributed by atoms with E-state index in [0.29, 0.717) is 16.8 Å². The van der Waals surface area contributed by atoms with Gasteiger partial charge in [-0.05, 0) is 50.1 Å². The number of carbonyl (C=O) groups is 2. The van der Waals surface area contributed by atoms with E-state index in [1.54, 1.807) is 48.2 Å². The molecule has 0 saturated carbocycles. The molecule has 1 N–H and O–H groups in total. The average molecular weight is 410 g/mol. The van der Waals surface area contributed by atoms with Crippen molar-refractivity contribution in [1.82, 2.24) is 0 Å². The number of benzene rings is 2. The van der Waals surface area contributed by atoms with Gasteiger partial charge in [-0.25, -0.2) is 4.79 Å². The monoisotopic (exact) mass is 410 g/mol. The van der Waals surface area contributed by atoms with Crippen molar-refractivity contribution in [2.45, 2.75) is 36.9 Å². The van der Waals surface area contributed by atoms with Gasteiger partial charge in [-0.15, -0.1) is 11.8 Å². The Morgan fingerprint density at radius 1 is 1.31 bits per heavy atom. The van der Waals surface area contributed by atoms with Crippen molar-refractivity contribution in [2.24, 2.45) is 0 Å². The molecule has 0 aromatic heterocycles. The van der Waals surface area contributed by atoms with Crippen LogP contribution in [0.2, 0.25) is 0 Å². The third kappa shape index (κ3) is 5.83. The molecule has 2 aromatic carbocycles. The molecule has 1 aliphatic rings. The van der Waals surface area contributed by atoms with Gasteiger partial charge in [-0.1, -0.05) is 18.2 Å². The minimum atomic E-state index is -0.982. The van der Waals surface area contributed by atoms with Crippen LogP contribution in [0.3, 0.4) is 0 Å². The molecule has 1 saturated heterocycles. The van der Waals surface area contributed by atoms with Crippen LogP contribution in [-0.4, -0.2) is 36.4 Å². The Labute approximate surface area is 174 Å². The lowest BCUT2D eigenvalue weighted by atomic mass is 10.2. The summed E-state index contributed by atoms with van der Waals surface area (Å²) in [7, 11) is 0. The van der Waals surface area contributed by atoms with E-state index >= 15 is 0 Å². The van der Waals surface area contributed by atoms with E-state index in [-0.39, 0.29) is 6.10 Å². The fraction of sp³-hybridized carbons (Fsp3) is 0.318. The van der Waals surface area contributed by atoms with E-state index in [9.17, 15) is 9.59 Å². The topological polar surface area (TPSA) is 88.4 Å². The molecule has 1 aliphatic heterocycles. The molecule has 1 fully saturated rings. The van der Waals surface area contributed by atoms with Gasteiger partial charge in [0.05, 0.1) is 23.3 Å². The fourth-order valence-electron chi connectivity index (χ4n) is 2.91. The highest BCUT2D eigenvalue weighted by atomic mass is 32.2. The minimum absolute atomic E-state index is 0.206. The Kier molecular flexibility index (Phi) is 7.28. The first-order valence-corrected chi connectivity index (χ1v) is 10.4. The first-order valence-electron chi connectivity index (χ1n) is 9.42. The molecule has 0 spiro atoms. The number of amides is 1. The molecule has 0 unspecified atom stereocenters. The summed E-state index contributed by atoms with van der Waals surface area (Å²) in [6, 6.07) is 15.8. The quantitative estimate of drug-likeness (QED) is 0.548. The highest BCUT2D eigenvalue weighted by Crippen LogP contribution is 2.27. The van der Waals surface area contributed by atoms with Crippen LogP contribution >= 0.6 is 11.8 Å². The van der Waals surface area contributed by atoms with Crippen LogP contribution in [0.25, 0.3) is 0 Å². The van der Waals surface area contributed by atoms with E-state index in [0.717, 1.165) is 30.1 Å². The van der Waals surface area contributed by atoms with Gasteiger partial charge in [0.1, 0.15) is 0 Å². The van der Waals surface area contributed by atoms with E-state index in [4.69, 9.17) is 14.7 Å². The lowest BCUT2D eigenvalue weighted by molar-refractivity contribution is -0.123. The molecule has 1 amide bonds. The Bertz CT molecular complexity index is 919. The van der Waals surface area contributed by atoms with Crippen molar-refractivity contribution >= 4 is 29.3 Å². The summed E-state index contributed by atoms with van der Waals surface area (Å²) in [6.45, 7) is 2.31. The van der Waals surface area contributed by atoms with Crippen molar-refractivity contribution in [3.63, 3.8) is 0 Å². The molecule has 3 rings (SSSR count). The number of nitriles is 1. The molecular formula is C22H22N2O4S. The normalized spacial score (nSPS) is 16.6. The summed E-state index contributed by atoms with van der Waals surface area (Å²) in [5, 5.41) is 11.6. The second-order valence-corrected chi connectivity index (χ2v) is 7.73. The second kappa shape index (κ2) is 10.1. The lowest BCUT2D eigenvalue weighted by Gasteiger charge is -2.15. The maximum absolute atomic E-state index is 12.6. The molecule has 150 valence electrons. The van der Waals surface area contributed by atoms with E-state index in [1.807, 2.05) is 18.2 Å². The van der Waals surface area contributed by atoms with Crippen LogP contribution < -0.4 is 5.32 Å². The highest BCUT2D eigenvalue weighted by molar-refractivity contribution is 7.99. The number of hydrogen-bond acceptors (Lipinski definition) is 6. The maximum Gasteiger partial charge on any atom is 0.340 e. The van der Waals surface area contributed by atoms with Gasteiger partial charge in [-0.2, -0.15) is 5.26 Å². The molecule has 0 bridgehead atoms. The zero-order valence-electron chi connectivity index (χ0n) is 16.1. The number of anilines is 1. The molecule has 0 radical (unpaired) electrons. The van der Waals surface area contributed by atoms with Crippen molar-refractivity contribution in [3.05, 3.63) is 59.7 Å². The zero-order chi connectivity index (χ0) is 20.6. The minimum Gasteiger partial charge on any atom is -0.449 e. The number of carbonyl (C=O) groups excluding carboxylic acids is 2. The van der Waals surface area contributed by atoms with Crippen molar-refractivity contribution in [3.8, 4) is 6.07 Å². The van der Waals surface area contributed by atoms with Crippen LogP contribution in [-0.2, 0) is 14.3 Å². The lowest BCUT2D eigenvalue weighted by Crippen LogP contribution is -2.30. The Morgan fingerprint density at radius 2 is 2.14 bits per heavy atom. The van der Waals surface area contributed by atoms with Gasteiger partial charge in [-0.3, -0.25) is 4.79 Å². The number of thioether (sulfide) groups is 1. The highest BCUT2D eigenvalue weighted by Gasteiger charge is 2.22. The standard InChI is InChI=1S/C22H22N2O4S/c1-15(21(25)24-17-7-4-6-16(12-17)13-23)28-22(26)19-9-2-3-10-20(19)29-14-18-8-5-11-27-18/h2-4,6-7,9-10,12,15,18H,5,8,11,14H2,1H3,(H,24,25)/t15-,18+/m0/s1. The first-order chi connectivity index (χ1) is 14.1. The van der Waals surface area contributed by atoms with E-state index < -0.39 is 18.0 Å². The summed E-state index contributed by atoms with van der Waals surface area (Å²) in [5.74, 6) is -0.234. The molecule has 6 nitrogen and oxygen atoms in total. The third-order valence-corrected chi connectivity index (χ3v) is 5.67. The SMILES string of the molecule is C[C@H](OC(=O)c1ccccc1SC[C@H]1CCCO1)C(=O)Nc1cccc(C#N)c1. The van der Waals surface area contributed by atoms with Crippen LogP contribution in [0.15, 0.2) is 53.4 Å². The summed E-state index contributed by atoms with van der Waals surface area (Å²) < 4.78 is 11.0. The molecule has 2 aromatic rings. The van der Waals surface area contributed by atoms with E-state index in [1.165, 1.54) is 6.92 Å². The molecule has 0 aliphatic carbocycles. The van der Waals surface area contributed by atoms with Gasteiger partial charge in [0, 0.05) is 22.9 Å². The van der Waals surface area contributed by atoms with Gasteiger partial charge >= 0.3 is 5.97 Å². The number of rotatable bonds is 7. The van der Waals surface area contributed by atoms with Crippen LogP contribution in [0.5, 0.6) is 0 Å².